The summed E-state index contributed by atoms with van der Waals surface area (Å²) in [5.74, 6) is -0.224. The monoisotopic (exact) mass is 475 g/mol. The molecule has 1 heterocycles. The number of hydrogen-bond donors (Lipinski definition) is 2. The summed E-state index contributed by atoms with van der Waals surface area (Å²) in [5, 5.41) is 2.55. The lowest BCUT2D eigenvalue weighted by molar-refractivity contribution is -0.127. The van der Waals surface area contributed by atoms with Gasteiger partial charge in [0, 0.05) is 5.39 Å². The van der Waals surface area contributed by atoms with Crippen molar-refractivity contribution in [3.8, 4) is 11.5 Å². The van der Waals surface area contributed by atoms with E-state index < -0.39 is 24.0 Å². The van der Waals surface area contributed by atoms with Gasteiger partial charge in [-0.15, -0.1) is 0 Å². The Morgan fingerprint density at radius 1 is 1.06 bits per heavy atom. The van der Waals surface area contributed by atoms with Crippen LogP contribution in [-0.2, 0) is 16.0 Å². The van der Waals surface area contributed by atoms with Crippen LogP contribution < -0.4 is 20.5 Å². The number of carbonyl (C=O) groups is 3. The van der Waals surface area contributed by atoms with Crippen LogP contribution in [-0.4, -0.2) is 43.2 Å². The van der Waals surface area contributed by atoms with Gasteiger partial charge in [-0.05, 0) is 60.7 Å². The van der Waals surface area contributed by atoms with Gasteiger partial charge in [0.1, 0.15) is 0 Å². The summed E-state index contributed by atoms with van der Waals surface area (Å²) in [6.07, 6.45) is 2.05. The van der Waals surface area contributed by atoms with Gasteiger partial charge in [0.05, 0.1) is 31.0 Å². The van der Waals surface area contributed by atoms with Gasteiger partial charge in [-0.2, -0.15) is 0 Å². The number of urea groups is 1. The molecule has 1 aliphatic rings. The molecule has 1 atom stereocenters. The van der Waals surface area contributed by atoms with E-state index in [0.717, 1.165) is 16.7 Å². The van der Waals surface area contributed by atoms with E-state index in [0.29, 0.717) is 46.5 Å². The summed E-state index contributed by atoms with van der Waals surface area (Å²) in [5.41, 5.74) is 9.32. The van der Waals surface area contributed by atoms with Crippen molar-refractivity contribution < 1.29 is 28.6 Å². The fraction of sp³-hybridized carbons (Fsp3) is 0.231. The molecule has 3 N–H and O–H groups in total. The first kappa shape index (κ1) is 23.7. The average molecular weight is 476 g/mol. The van der Waals surface area contributed by atoms with Crippen molar-refractivity contribution in [3.63, 3.8) is 0 Å². The Balaban J connectivity index is 1.75. The highest BCUT2D eigenvalue weighted by Crippen LogP contribution is 2.38. The number of benzene rings is 2. The maximum absolute atomic E-state index is 13.2. The molecule has 1 aliphatic carbocycles. The van der Waals surface area contributed by atoms with Crippen LogP contribution in [0.3, 0.4) is 0 Å². The molecule has 0 fully saturated rings. The standard InChI is InChI=1S/C26H25N3O6/c1-14(24(30)29-26(27)32)35-25(31)22-17-6-4-5-7-19(17)28-23-16(9-10-18(22)23)12-15-8-11-20(33-2)21(13-15)34-3/h4-8,11-14H,9-10H2,1-3H3,(H3,27,29,30,32)/b16-12-. The highest BCUT2D eigenvalue weighted by Gasteiger charge is 2.29. The molecule has 4 rings (SSSR count). The van der Waals surface area contributed by atoms with Gasteiger partial charge in [0.2, 0.25) is 0 Å². The van der Waals surface area contributed by atoms with Gasteiger partial charge in [-0.3, -0.25) is 10.1 Å². The largest absolute Gasteiger partial charge is 0.493 e. The minimum absolute atomic E-state index is 0.361. The van der Waals surface area contributed by atoms with E-state index in [9.17, 15) is 14.4 Å². The molecule has 0 bridgehead atoms. The topological polar surface area (TPSA) is 130 Å². The second-order valence-corrected chi connectivity index (χ2v) is 8.02. The van der Waals surface area contributed by atoms with E-state index in [-0.39, 0.29) is 0 Å². The number of fused-ring (bicyclic) bond motifs is 2. The third-order valence-electron chi connectivity index (χ3n) is 5.79. The number of nitrogens with two attached hydrogens (primary N) is 1. The van der Waals surface area contributed by atoms with Crippen molar-refractivity contribution in [1.82, 2.24) is 10.3 Å². The van der Waals surface area contributed by atoms with Crippen LogP contribution in [0.1, 0.15) is 40.5 Å². The first-order valence-corrected chi connectivity index (χ1v) is 11.0. The smallest absolute Gasteiger partial charge is 0.339 e. The lowest BCUT2D eigenvalue weighted by Gasteiger charge is -2.15. The maximum Gasteiger partial charge on any atom is 0.339 e. The quantitative estimate of drug-likeness (QED) is 0.522. The minimum atomic E-state index is -1.21. The van der Waals surface area contributed by atoms with Crippen molar-refractivity contribution in [2.45, 2.75) is 25.9 Å². The summed E-state index contributed by atoms with van der Waals surface area (Å²) in [7, 11) is 3.16. The molecule has 0 aliphatic heterocycles. The molecule has 3 aromatic rings. The number of amides is 3. The molecule has 180 valence electrons. The van der Waals surface area contributed by atoms with Crippen molar-refractivity contribution in [1.29, 1.82) is 0 Å². The number of pyridine rings is 1. The van der Waals surface area contributed by atoms with Crippen molar-refractivity contribution in [2.24, 2.45) is 5.73 Å². The van der Waals surface area contributed by atoms with Gasteiger partial charge in [0.25, 0.3) is 5.91 Å². The fourth-order valence-electron chi connectivity index (χ4n) is 4.15. The predicted octanol–water partition coefficient (Wildman–Crippen LogP) is 3.48. The van der Waals surface area contributed by atoms with E-state index >= 15 is 0 Å². The van der Waals surface area contributed by atoms with Crippen molar-refractivity contribution in [3.05, 3.63) is 64.8 Å². The summed E-state index contributed by atoms with van der Waals surface area (Å²) >= 11 is 0. The van der Waals surface area contributed by atoms with Gasteiger partial charge in [-0.25, -0.2) is 14.6 Å². The Morgan fingerprint density at radius 3 is 2.51 bits per heavy atom. The molecule has 0 spiro atoms. The lowest BCUT2D eigenvalue weighted by atomic mass is 10.0. The average Bonchev–Trinajstić information content (AvgIpc) is 3.23. The zero-order valence-corrected chi connectivity index (χ0v) is 19.6. The highest BCUT2D eigenvalue weighted by molar-refractivity contribution is 6.08. The Morgan fingerprint density at radius 2 is 1.80 bits per heavy atom. The Hall–Kier alpha value is -4.40. The van der Waals surface area contributed by atoms with Crippen LogP contribution in [0.15, 0.2) is 42.5 Å². The molecule has 35 heavy (non-hydrogen) atoms. The van der Waals surface area contributed by atoms with Crippen LogP contribution in [0, 0.1) is 0 Å². The second kappa shape index (κ2) is 9.84. The number of para-hydroxylation sites is 1. The van der Waals surface area contributed by atoms with Crippen LogP contribution in [0.2, 0.25) is 0 Å². The van der Waals surface area contributed by atoms with Crippen LogP contribution in [0.25, 0.3) is 22.6 Å². The third kappa shape index (κ3) is 4.79. The van der Waals surface area contributed by atoms with Gasteiger partial charge in [0.15, 0.2) is 17.6 Å². The number of esters is 1. The highest BCUT2D eigenvalue weighted by atomic mass is 16.5. The van der Waals surface area contributed by atoms with E-state index in [1.54, 1.807) is 20.3 Å². The van der Waals surface area contributed by atoms with E-state index in [1.165, 1.54) is 6.92 Å². The Kier molecular flexibility index (Phi) is 6.68. The molecule has 1 unspecified atom stereocenters. The number of primary amides is 1. The molecule has 0 saturated heterocycles. The normalized spacial score (nSPS) is 14.3. The zero-order valence-electron chi connectivity index (χ0n) is 19.6. The molecule has 0 radical (unpaired) electrons. The van der Waals surface area contributed by atoms with Crippen LogP contribution in [0.5, 0.6) is 11.5 Å². The van der Waals surface area contributed by atoms with Crippen LogP contribution >= 0.6 is 0 Å². The Bertz CT molecular complexity index is 1360. The number of nitrogens with zero attached hydrogens (tertiary/aromatic N) is 1. The second-order valence-electron chi connectivity index (χ2n) is 8.02. The van der Waals surface area contributed by atoms with Crippen molar-refractivity contribution >= 4 is 40.5 Å². The minimum Gasteiger partial charge on any atom is -0.493 e. The number of rotatable bonds is 6. The van der Waals surface area contributed by atoms with Crippen molar-refractivity contribution in [2.75, 3.05) is 14.2 Å². The SMILES string of the molecule is COc1ccc(/C=C2/CCc3c2nc2ccccc2c3C(=O)OC(C)C(=O)NC(N)=O)cc1OC. The number of nitrogens with one attached hydrogen (secondary N) is 1. The molecule has 1 aromatic heterocycles. The van der Waals surface area contributed by atoms with E-state index in [1.807, 2.05) is 47.8 Å². The van der Waals surface area contributed by atoms with Gasteiger partial charge in [-0.1, -0.05) is 24.3 Å². The predicted molar refractivity (Wildman–Crippen MR) is 130 cm³/mol. The number of ether oxygens (including phenoxy) is 3. The Labute approximate surface area is 201 Å². The molecule has 3 amide bonds. The first-order chi connectivity index (χ1) is 16.8. The molecular weight excluding hydrogens is 450 g/mol. The molecular formula is C26H25N3O6. The van der Waals surface area contributed by atoms with Gasteiger partial charge < -0.3 is 19.9 Å². The summed E-state index contributed by atoms with van der Waals surface area (Å²) in [6, 6.07) is 11.9. The molecule has 2 aromatic carbocycles. The number of hydrogen-bond acceptors (Lipinski definition) is 7. The molecule has 9 heteroatoms. The lowest BCUT2D eigenvalue weighted by Crippen LogP contribution is -2.42. The molecule has 0 saturated carbocycles. The zero-order chi connectivity index (χ0) is 25.1. The summed E-state index contributed by atoms with van der Waals surface area (Å²) in [4.78, 5) is 41.1. The summed E-state index contributed by atoms with van der Waals surface area (Å²) in [6.45, 7) is 1.38. The fourth-order valence-corrected chi connectivity index (χ4v) is 4.15. The van der Waals surface area contributed by atoms with E-state index in [2.05, 4.69) is 0 Å². The number of aromatic nitrogens is 1. The number of allylic oxidation sites excluding steroid dienone is 1. The van der Waals surface area contributed by atoms with E-state index in [4.69, 9.17) is 24.9 Å². The maximum atomic E-state index is 13.2. The van der Waals surface area contributed by atoms with Gasteiger partial charge >= 0.3 is 12.0 Å². The number of methoxy groups -OCH3 is 2. The first-order valence-electron chi connectivity index (χ1n) is 11.0. The third-order valence-corrected chi connectivity index (χ3v) is 5.79. The van der Waals surface area contributed by atoms with Crippen LogP contribution in [0.4, 0.5) is 4.79 Å². The number of carbonyl (C=O) groups excluding carboxylic acids is 3. The summed E-state index contributed by atoms with van der Waals surface area (Å²) < 4.78 is 16.1. The number of imide groups is 1. The molecule has 9 nitrogen and oxygen atoms in total.